The largest absolute Gasteiger partial charge is 0.497 e. The van der Waals surface area contributed by atoms with Crippen LogP contribution in [0, 0.1) is 17.5 Å². The van der Waals surface area contributed by atoms with Crippen molar-refractivity contribution in [2.45, 2.75) is 6.04 Å². The predicted octanol–water partition coefficient (Wildman–Crippen LogP) is 3.16. The summed E-state index contributed by atoms with van der Waals surface area (Å²) in [6.45, 7) is 0. The maximum Gasteiger partial charge on any atom is 0.161 e. The average Bonchev–Trinajstić information content (AvgIpc) is 2.42. The number of ether oxygens (including phenoxy) is 1. The molecular formula is C14H12F3NO. The van der Waals surface area contributed by atoms with Crippen molar-refractivity contribution >= 4 is 0 Å². The first kappa shape index (κ1) is 13.4. The SMILES string of the molecule is COc1cccc(C(N)c2cc(F)c(F)cc2F)c1. The molecule has 100 valence electrons. The zero-order valence-corrected chi connectivity index (χ0v) is 10.2. The standard InChI is InChI=1S/C14H12F3NO/c1-19-9-4-2-3-8(5-9)14(18)10-6-12(16)13(17)7-11(10)15/h2-7,14H,18H2,1H3. The molecule has 2 aromatic rings. The first-order chi connectivity index (χ1) is 9.02. The highest BCUT2D eigenvalue weighted by Crippen LogP contribution is 2.26. The van der Waals surface area contributed by atoms with E-state index in [1.807, 2.05) is 0 Å². The quantitative estimate of drug-likeness (QED) is 0.867. The topological polar surface area (TPSA) is 35.2 Å². The van der Waals surface area contributed by atoms with Crippen LogP contribution in [0.2, 0.25) is 0 Å². The number of nitrogens with two attached hydrogens (primary N) is 1. The third-order valence-corrected chi connectivity index (χ3v) is 2.83. The maximum atomic E-state index is 13.6. The Bertz CT molecular complexity index is 601. The van der Waals surface area contributed by atoms with E-state index in [0.29, 0.717) is 17.4 Å². The molecule has 0 saturated heterocycles. The number of hydrogen-bond donors (Lipinski definition) is 1. The fraction of sp³-hybridized carbons (Fsp3) is 0.143. The molecule has 0 aliphatic heterocycles. The van der Waals surface area contributed by atoms with Gasteiger partial charge in [-0.25, -0.2) is 13.2 Å². The van der Waals surface area contributed by atoms with Crippen molar-refractivity contribution in [3.63, 3.8) is 0 Å². The van der Waals surface area contributed by atoms with Gasteiger partial charge in [0.05, 0.1) is 13.2 Å². The lowest BCUT2D eigenvalue weighted by molar-refractivity contribution is 0.414. The molecular weight excluding hydrogens is 255 g/mol. The summed E-state index contributed by atoms with van der Waals surface area (Å²) in [6, 6.07) is 7.03. The van der Waals surface area contributed by atoms with Crippen LogP contribution in [0.5, 0.6) is 5.75 Å². The Balaban J connectivity index is 2.43. The number of benzene rings is 2. The molecule has 0 aromatic heterocycles. The second-order valence-electron chi connectivity index (χ2n) is 4.04. The summed E-state index contributed by atoms with van der Waals surface area (Å²) in [4.78, 5) is 0. The van der Waals surface area contributed by atoms with E-state index < -0.39 is 23.5 Å². The first-order valence-electron chi connectivity index (χ1n) is 5.57. The molecule has 0 amide bonds. The molecule has 2 nitrogen and oxygen atoms in total. The van der Waals surface area contributed by atoms with Crippen LogP contribution < -0.4 is 10.5 Å². The van der Waals surface area contributed by atoms with Gasteiger partial charge in [0.1, 0.15) is 11.6 Å². The van der Waals surface area contributed by atoms with Crippen LogP contribution in [-0.4, -0.2) is 7.11 Å². The molecule has 0 fully saturated rings. The average molecular weight is 267 g/mol. The second kappa shape index (κ2) is 5.32. The molecule has 0 radical (unpaired) electrons. The molecule has 0 bridgehead atoms. The Hall–Kier alpha value is -2.01. The van der Waals surface area contributed by atoms with Gasteiger partial charge in [-0.15, -0.1) is 0 Å². The monoisotopic (exact) mass is 267 g/mol. The number of hydrogen-bond acceptors (Lipinski definition) is 2. The van der Waals surface area contributed by atoms with Crippen LogP contribution >= 0.6 is 0 Å². The minimum Gasteiger partial charge on any atom is -0.497 e. The van der Waals surface area contributed by atoms with Gasteiger partial charge >= 0.3 is 0 Å². The normalized spacial score (nSPS) is 12.3. The zero-order chi connectivity index (χ0) is 14.0. The lowest BCUT2D eigenvalue weighted by Gasteiger charge is -2.14. The summed E-state index contributed by atoms with van der Waals surface area (Å²) in [5.41, 5.74) is 6.32. The van der Waals surface area contributed by atoms with Crippen LogP contribution in [0.1, 0.15) is 17.2 Å². The number of halogens is 3. The molecule has 2 N–H and O–H groups in total. The zero-order valence-electron chi connectivity index (χ0n) is 10.2. The smallest absolute Gasteiger partial charge is 0.161 e. The van der Waals surface area contributed by atoms with E-state index in [1.54, 1.807) is 24.3 Å². The van der Waals surface area contributed by atoms with Crippen molar-refractivity contribution in [2.75, 3.05) is 7.11 Å². The van der Waals surface area contributed by atoms with E-state index in [4.69, 9.17) is 10.5 Å². The molecule has 2 aromatic carbocycles. The van der Waals surface area contributed by atoms with Crippen LogP contribution in [0.15, 0.2) is 36.4 Å². The molecule has 0 spiro atoms. The highest BCUT2D eigenvalue weighted by molar-refractivity contribution is 5.37. The van der Waals surface area contributed by atoms with E-state index in [1.165, 1.54) is 7.11 Å². The summed E-state index contributed by atoms with van der Waals surface area (Å²) in [5.74, 6) is -2.70. The molecule has 0 aliphatic carbocycles. The van der Waals surface area contributed by atoms with E-state index >= 15 is 0 Å². The summed E-state index contributed by atoms with van der Waals surface area (Å²) < 4.78 is 44.7. The molecule has 0 aliphatic rings. The molecule has 2 rings (SSSR count). The van der Waals surface area contributed by atoms with E-state index in [9.17, 15) is 13.2 Å². The van der Waals surface area contributed by atoms with Crippen molar-refractivity contribution in [1.29, 1.82) is 0 Å². The van der Waals surface area contributed by atoms with E-state index in [2.05, 4.69) is 0 Å². The van der Waals surface area contributed by atoms with Gasteiger partial charge in [-0.05, 0) is 23.8 Å². The first-order valence-corrected chi connectivity index (χ1v) is 5.57. The molecule has 19 heavy (non-hydrogen) atoms. The Kier molecular flexibility index (Phi) is 3.76. The summed E-state index contributed by atoms with van der Waals surface area (Å²) in [5, 5.41) is 0. The van der Waals surface area contributed by atoms with Crippen molar-refractivity contribution in [3.05, 3.63) is 65.0 Å². The second-order valence-corrected chi connectivity index (χ2v) is 4.04. The fourth-order valence-corrected chi connectivity index (χ4v) is 1.79. The molecule has 5 heteroatoms. The Morgan fingerprint density at radius 1 is 1.00 bits per heavy atom. The number of methoxy groups -OCH3 is 1. The Morgan fingerprint density at radius 2 is 1.68 bits per heavy atom. The van der Waals surface area contributed by atoms with Gasteiger partial charge in [-0.1, -0.05) is 12.1 Å². The third kappa shape index (κ3) is 2.71. The summed E-state index contributed by atoms with van der Waals surface area (Å²) in [6.07, 6.45) is 0. The summed E-state index contributed by atoms with van der Waals surface area (Å²) >= 11 is 0. The van der Waals surface area contributed by atoms with Crippen LogP contribution in [-0.2, 0) is 0 Å². The highest BCUT2D eigenvalue weighted by atomic mass is 19.2. The Morgan fingerprint density at radius 3 is 2.37 bits per heavy atom. The van der Waals surface area contributed by atoms with Gasteiger partial charge in [-0.2, -0.15) is 0 Å². The molecule has 0 saturated carbocycles. The van der Waals surface area contributed by atoms with Crippen LogP contribution in [0.25, 0.3) is 0 Å². The van der Waals surface area contributed by atoms with Crippen LogP contribution in [0.3, 0.4) is 0 Å². The fourth-order valence-electron chi connectivity index (χ4n) is 1.79. The van der Waals surface area contributed by atoms with Gasteiger partial charge in [-0.3, -0.25) is 0 Å². The Labute approximate surface area is 108 Å². The molecule has 1 unspecified atom stereocenters. The van der Waals surface area contributed by atoms with Crippen molar-refractivity contribution in [1.82, 2.24) is 0 Å². The van der Waals surface area contributed by atoms with Gasteiger partial charge in [0.2, 0.25) is 0 Å². The minimum atomic E-state index is -1.24. The van der Waals surface area contributed by atoms with Gasteiger partial charge in [0.15, 0.2) is 11.6 Å². The lowest BCUT2D eigenvalue weighted by Crippen LogP contribution is -2.14. The van der Waals surface area contributed by atoms with Crippen molar-refractivity contribution in [3.8, 4) is 5.75 Å². The summed E-state index contributed by atoms with van der Waals surface area (Å²) in [7, 11) is 1.49. The minimum absolute atomic E-state index is 0.104. The van der Waals surface area contributed by atoms with Crippen molar-refractivity contribution < 1.29 is 17.9 Å². The molecule has 1 atom stereocenters. The predicted molar refractivity (Wildman–Crippen MR) is 65.3 cm³/mol. The van der Waals surface area contributed by atoms with Crippen molar-refractivity contribution in [2.24, 2.45) is 5.73 Å². The third-order valence-electron chi connectivity index (χ3n) is 2.83. The highest BCUT2D eigenvalue weighted by Gasteiger charge is 2.17. The maximum absolute atomic E-state index is 13.6. The number of rotatable bonds is 3. The van der Waals surface area contributed by atoms with E-state index in [-0.39, 0.29) is 5.56 Å². The van der Waals surface area contributed by atoms with Gasteiger partial charge < -0.3 is 10.5 Å². The van der Waals surface area contributed by atoms with Gasteiger partial charge in [0.25, 0.3) is 0 Å². The lowest BCUT2D eigenvalue weighted by atomic mass is 9.98. The van der Waals surface area contributed by atoms with Gasteiger partial charge in [0, 0.05) is 11.6 Å². The molecule has 0 heterocycles. The van der Waals surface area contributed by atoms with Crippen LogP contribution in [0.4, 0.5) is 13.2 Å². The van der Waals surface area contributed by atoms with E-state index in [0.717, 1.165) is 6.07 Å².